The third kappa shape index (κ3) is 4.70. The highest BCUT2D eigenvalue weighted by Gasteiger charge is 2.11. The van der Waals surface area contributed by atoms with Crippen molar-refractivity contribution < 1.29 is 13.2 Å². The Hall–Kier alpha value is -1.63. The molecule has 0 fully saturated rings. The summed E-state index contributed by atoms with van der Waals surface area (Å²) in [4.78, 5) is 15.8. The summed E-state index contributed by atoms with van der Waals surface area (Å²) in [5.41, 5.74) is 1.09. The second kappa shape index (κ2) is 6.34. The number of hydrogen-bond donors (Lipinski definition) is 2. The Bertz CT molecular complexity index is 514. The number of nitrogens with zero attached hydrogens (tertiary/aromatic N) is 1. The second-order valence-electron chi connectivity index (χ2n) is 3.84. The number of hydrogen-bond acceptors (Lipinski definition) is 5. The summed E-state index contributed by atoms with van der Waals surface area (Å²) in [5.74, 6) is -0.377. The molecule has 18 heavy (non-hydrogen) atoms. The standard InChI is InChI=1S/C11H17N3O3S/c1-3-13-10-8-12-5-4-9(10)11(15)14-6-7-18(2,16)17/h4-5,8,13H,3,6-7H2,1-2H3,(H,14,15). The smallest absolute Gasteiger partial charge is 0.253 e. The van der Waals surface area contributed by atoms with Crippen molar-refractivity contribution in [3.05, 3.63) is 24.0 Å². The molecule has 1 aromatic rings. The molecular formula is C11H17N3O3S. The summed E-state index contributed by atoms with van der Waals surface area (Å²) in [6.07, 6.45) is 4.22. The largest absolute Gasteiger partial charge is 0.383 e. The van der Waals surface area contributed by atoms with Crippen LogP contribution in [-0.2, 0) is 9.84 Å². The topological polar surface area (TPSA) is 88.2 Å². The van der Waals surface area contributed by atoms with Gasteiger partial charge in [0.05, 0.1) is 23.2 Å². The predicted octanol–water partition coefficient (Wildman–Crippen LogP) is 0.288. The van der Waals surface area contributed by atoms with E-state index in [-0.39, 0.29) is 18.2 Å². The Kier molecular flexibility index (Phi) is 5.08. The lowest BCUT2D eigenvalue weighted by molar-refractivity contribution is 0.0957. The molecule has 0 aliphatic carbocycles. The molecule has 7 heteroatoms. The van der Waals surface area contributed by atoms with Crippen molar-refractivity contribution in [1.29, 1.82) is 0 Å². The Morgan fingerprint density at radius 2 is 2.17 bits per heavy atom. The van der Waals surface area contributed by atoms with Gasteiger partial charge in [0.15, 0.2) is 0 Å². The first kappa shape index (κ1) is 14.4. The molecule has 0 spiro atoms. The Labute approximate surface area is 107 Å². The first-order valence-electron chi connectivity index (χ1n) is 5.58. The van der Waals surface area contributed by atoms with Crippen molar-refractivity contribution in [3.8, 4) is 0 Å². The molecule has 2 N–H and O–H groups in total. The normalized spacial score (nSPS) is 11.0. The average Bonchev–Trinajstić information content (AvgIpc) is 2.28. The zero-order valence-electron chi connectivity index (χ0n) is 10.4. The SMILES string of the molecule is CCNc1cnccc1C(=O)NCCS(C)(=O)=O. The van der Waals surface area contributed by atoms with E-state index >= 15 is 0 Å². The number of carbonyl (C=O) groups is 1. The van der Waals surface area contributed by atoms with E-state index in [0.29, 0.717) is 17.8 Å². The summed E-state index contributed by atoms with van der Waals surface area (Å²) >= 11 is 0. The van der Waals surface area contributed by atoms with Crippen molar-refractivity contribution in [2.75, 3.05) is 30.4 Å². The summed E-state index contributed by atoms with van der Waals surface area (Å²) in [7, 11) is -3.07. The molecule has 1 heterocycles. The molecule has 100 valence electrons. The number of pyridine rings is 1. The highest BCUT2D eigenvalue weighted by atomic mass is 32.2. The third-order valence-corrected chi connectivity index (χ3v) is 3.14. The first-order chi connectivity index (χ1) is 8.44. The van der Waals surface area contributed by atoms with Crippen LogP contribution >= 0.6 is 0 Å². The van der Waals surface area contributed by atoms with Crippen LogP contribution in [0.3, 0.4) is 0 Å². The van der Waals surface area contributed by atoms with Crippen LogP contribution in [0.2, 0.25) is 0 Å². The molecule has 0 aromatic carbocycles. The monoisotopic (exact) mass is 271 g/mol. The van der Waals surface area contributed by atoms with Crippen LogP contribution in [0.5, 0.6) is 0 Å². The van der Waals surface area contributed by atoms with Crippen molar-refractivity contribution in [3.63, 3.8) is 0 Å². The van der Waals surface area contributed by atoms with Gasteiger partial charge in [-0.05, 0) is 13.0 Å². The minimum Gasteiger partial charge on any atom is -0.383 e. The molecule has 0 aliphatic rings. The number of anilines is 1. The van der Waals surface area contributed by atoms with Gasteiger partial charge in [0.25, 0.3) is 5.91 Å². The van der Waals surface area contributed by atoms with Crippen LogP contribution in [0.15, 0.2) is 18.5 Å². The molecule has 1 amide bonds. The minimum atomic E-state index is -3.07. The van der Waals surface area contributed by atoms with Crippen LogP contribution in [0.25, 0.3) is 0 Å². The molecule has 1 aromatic heterocycles. The quantitative estimate of drug-likeness (QED) is 0.776. The van der Waals surface area contributed by atoms with E-state index in [0.717, 1.165) is 6.26 Å². The van der Waals surface area contributed by atoms with Gasteiger partial charge < -0.3 is 10.6 Å². The van der Waals surface area contributed by atoms with Gasteiger partial charge >= 0.3 is 0 Å². The lowest BCUT2D eigenvalue weighted by Crippen LogP contribution is -2.29. The van der Waals surface area contributed by atoms with Crippen LogP contribution in [0.1, 0.15) is 17.3 Å². The Balaban J connectivity index is 2.66. The molecule has 6 nitrogen and oxygen atoms in total. The fourth-order valence-corrected chi connectivity index (χ4v) is 1.84. The zero-order valence-corrected chi connectivity index (χ0v) is 11.3. The second-order valence-corrected chi connectivity index (χ2v) is 6.10. The van der Waals surface area contributed by atoms with Gasteiger partial charge in [-0.3, -0.25) is 9.78 Å². The van der Waals surface area contributed by atoms with Gasteiger partial charge in [-0.25, -0.2) is 8.42 Å². The molecule has 1 rings (SSSR count). The average molecular weight is 271 g/mol. The number of aromatic nitrogens is 1. The predicted molar refractivity (Wildman–Crippen MR) is 70.4 cm³/mol. The Morgan fingerprint density at radius 3 is 2.78 bits per heavy atom. The molecule has 0 unspecified atom stereocenters. The summed E-state index contributed by atoms with van der Waals surface area (Å²) in [6.45, 7) is 2.69. The number of sulfone groups is 1. The number of nitrogens with one attached hydrogen (secondary N) is 2. The van der Waals surface area contributed by atoms with E-state index in [9.17, 15) is 13.2 Å². The van der Waals surface area contributed by atoms with E-state index in [2.05, 4.69) is 15.6 Å². The van der Waals surface area contributed by atoms with E-state index in [1.54, 1.807) is 12.3 Å². The highest BCUT2D eigenvalue weighted by molar-refractivity contribution is 7.90. The van der Waals surface area contributed by atoms with Crippen molar-refractivity contribution in [1.82, 2.24) is 10.3 Å². The lowest BCUT2D eigenvalue weighted by atomic mass is 10.2. The van der Waals surface area contributed by atoms with Crippen LogP contribution < -0.4 is 10.6 Å². The lowest BCUT2D eigenvalue weighted by Gasteiger charge is -2.10. The van der Waals surface area contributed by atoms with Crippen molar-refractivity contribution in [2.24, 2.45) is 0 Å². The maximum atomic E-state index is 11.9. The van der Waals surface area contributed by atoms with Crippen molar-refractivity contribution >= 4 is 21.4 Å². The van der Waals surface area contributed by atoms with E-state index in [1.165, 1.54) is 6.20 Å². The fourth-order valence-electron chi connectivity index (χ4n) is 1.37. The zero-order chi connectivity index (χ0) is 13.6. The van der Waals surface area contributed by atoms with Crippen LogP contribution in [0.4, 0.5) is 5.69 Å². The molecular weight excluding hydrogens is 254 g/mol. The molecule has 0 saturated heterocycles. The van der Waals surface area contributed by atoms with E-state index < -0.39 is 9.84 Å². The Morgan fingerprint density at radius 1 is 1.44 bits per heavy atom. The molecule has 0 saturated carbocycles. The number of amides is 1. The summed E-state index contributed by atoms with van der Waals surface area (Å²) < 4.78 is 21.9. The molecule has 0 aliphatic heterocycles. The van der Waals surface area contributed by atoms with Gasteiger partial charge in [-0.1, -0.05) is 0 Å². The van der Waals surface area contributed by atoms with Gasteiger partial charge in [-0.15, -0.1) is 0 Å². The van der Waals surface area contributed by atoms with Crippen LogP contribution in [-0.4, -0.2) is 44.4 Å². The maximum Gasteiger partial charge on any atom is 0.253 e. The number of carbonyl (C=O) groups excluding carboxylic acids is 1. The summed E-state index contributed by atoms with van der Waals surface area (Å²) in [5, 5.41) is 5.59. The molecule has 0 bridgehead atoms. The van der Waals surface area contributed by atoms with E-state index in [4.69, 9.17) is 0 Å². The van der Waals surface area contributed by atoms with Crippen LogP contribution in [0, 0.1) is 0 Å². The van der Waals surface area contributed by atoms with Gasteiger partial charge in [-0.2, -0.15) is 0 Å². The van der Waals surface area contributed by atoms with E-state index in [1.807, 2.05) is 6.92 Å². The fraction of sp³-hybridized carbons (Fsp3) is 0.455. The number of rotatable bonds is 6. The van der Waals surface area contributed by atoms with Gasteiger partial charge in [0.2, 0.25) is 0 Å². The van der Waals surface area contributed by atoms with Gasteiger partial charge in [0.1, 0.15) is 9.84 Å². The molecule has 0 radical (unpaired) electrons. The maximum absolute atomic E-state index is 11.9. The first-order valence-corrected chi connectivity index (χ1v) is 7.64. The minimum absolute atomic E-state index is 0.0691. The summed E-state index contributed by atoms with van der Waals surface area (Å²) in [6, 6.07) is 1.59. The van der Waals surface area contributed by atoms with Crippen molar-refractivity contribution in [2.45, 2.75) is 6.92 Å². The molecule has 0 atom stereocenters. The van der Waals surface area contributed by atoms with Gasteiger partial charge in [0, 0.05) is 25.5 Å². The highest BCUT2D eigenvalue weighted by Crippen LogP contribution is 2.12. The third-order valence-electron chi connectivity index (χ3n) is 2.19.